The van der Waals surface area contributed by atoms with E-state index in [1.165, 1.54) is 0 Å². The molecule has 160 valence electrons. The number of carbonyl (C=O) groups excluding carboxylic acids is 3. The monoisotopic (exact) mass is 410 g/mol. The fourth-order valence-corrected chi connectivity index (χ4v) is 3.15. The number of benzene rings is 2. The van der Waals surface area contributed by atoms with Crippen molar-refractivity contribution in [2.75, 3.05) is 11.9 Å². The molecule has 0 saturated heterocycles. The van der Waals surface area contributed by atoms with Gasteiger partial charge in [0.15, 0.2) is 6.61 Å². The fourth-order valence-electron chi connectivity index (χ4n) is 3.15. The predicted octanol–water partition coefficient (Wildman–Crippen LogP) is 4.52. The molecule has 0 aliphatic heterocycles. The van der Waals surface area contributed by atoms with Gasteiger partial charge in [-0.15, -0.1) is 0 Å². The molecule has 6 heteroatoms. The molecule has 0 unspecified atom stereocenters. The second-order valence-corrected chi connectivity index (χ2v) is 7.26. The summed E-state index contributed by atoms with van der Waals surface area (Å²) in [5.41, 5.74) is 1.02. The molecule has 2 aromatic carbocycles. The Kier molecular flexibility index (Phi) is 8.59. The molecule has 2 rings (SSSR count). The zero-order chi connectivity index (χ0) is 22.1. The van der Waals surface area contributed by atoms with Crippen LogP contribution in [0.3, 0.4) is 0 Å². The highest BCUT2D eigenvalue weighted by atomic mass is 16.5. The summed E-state index contributed by atoms with van der Waals surface area (Å²) in [6.45, 7) is 7.67. The summed E-state index contributed by atoms with van der Waals surface area (Å²) in [7, 11) is 0. The Morgan fingerprint density at radius 2 is 1.47 bits per heavy atom. The average Bonchev–Trinajstić information content (AvgIpc) is 2.78. The van der Waals surface area contributed by atoms with Crippen LogP contribution < -0.4 is 5.32 Å². The van der Waals surface area contributed by atoms with Crippen LogP contribution in [0.25, 0.3) is 0 Å². The van der Waals surface area contributed by atoms with Gasteiger partial charge in [0.1, 0.15) is 0 Å². The van der Waals surface area contributed by atoms with E-state index in [-0.39, 0.29) is 36.1 Å². The largest absolute Gasteiger partial charge is 0.452 e. The van der Waals surface area contributed by atoms with Crippen molar-refractivity contribution >= 4 is 23.5 Å². The molecule has 0 radical (unpaired) electrons. The van der Waals surface area contributed by atoms with Gasteiger partial charge in [0.2, 0.25) is 0 Å². The van der Waals surface area contributed by atoms with E-state index in [9.17, 15) is 14.4 Å². The highest BCUT2D eigenvalue weighted by Crippen LogP contribution is 2.18. The van der Waals surface area contributed by atoms with Crippen molar-refractivity contribution in [1.29, 1.82) is 0 Å². The molecule has 0 fully saturated rings. The molecule has 0 aliphatic rings. The maximum atomic E-state index is 12.7. The number of hydrogen-bond donors (Lipinski definition) is 1. The summed E-state index contributed by atoms with van der Waals surface area (Å²) >= 11 is 0. The van der Waals surface area contributed by atoms with Gasteiger partial charge in [-0.05, 0) is 51.0 Å². The lowest BCUT2D eigenvalue weighted by molar-refractivity contribution is -0.139. The number of carbonyl (C=O) groups is 3. The van der Waals surface area contributed by atoms with Gasteiger partial charge in [0.25, 0.3) is 11.8 Å². The van der Waals surface area contributed by atoms with Crippen molar-refractivity contribution in [3.8, 4) is 0 Å². The normalized spacial score (nSPS) is 12.5. The van der Waals surface area contributed by atoms with Gasteiger partial charge < -0.3 is 15.0 Å². The van der Waals surface area contributed by atoms with Gasteiger partial charge in [-0.3, -0.25) is 9.59 Å². The molecule has 0 aromatic heterocycles. The second kappa shape index (κ2) is 11.1. The minimum absolute atomic E-state index is 0.0589. The summed E-state index contributed by atoms with van der Waals surface area (Å²) in [6, 6.07) is 15.4. The molecular formula is C24H30N2O4. The maximum absolute atomic E-state index is 12.7. The van der Waals surface area contributed by atoms with Crippen molar-refractivity contribution in [2.24, 2.45) is 0 Å². The van der Waals surface area contributed by atoms with Gasteiger partial charge in [-0.1, -0.05) is 44.2 Å². The van der Waals surface area contributed by atoms with Gasteiger partial charge in [0.05, 0.1) is 11.3 Å². The van der Waals surface area contributed by atoms with E-state index in [1.807, 2.05) is 33.8 Å². The number of nitrogens with zero attached hydrogens (tertiary/aromatic N) is 1. The van der Waals surface area contributed by atoms with E-state index in [1.54, 1.807) is 53.4 Å². The average molecular weight is 411 g/mol. The minimum atomic E-state index is -0.652. The molecule has 2 amide bonds. The first-order valence-electron chi connectivity index (χ1n) is 10.3. The van der Waals surface area contributed by atoms with Gasteiger partial charge in [-0.25, -0.2) is 4.79 Å². The number of amides is 2. The molecule has 2 aromatic rings. The van der Waals surface area contributed by atoms with Crippen LogP contribution in [-0.2, 0) is 9.53 Å². The molecule has 0 heterocycles. The Morgan fingerprint density at radius 3 is 2.07 bits per heavy atom. The summed E-state index contributed by atoms with van der Waals surface area (Å²) < 4.78 is 5.31. The highest BCUT2D eigenvalue weighted by Gasteiger charge is 2.25. The van der Waals surface area contributed by atoms with E-state index in [4.69, 9.17) is 4.74 Å². The molecule has 0 saturated carbocycles. The molecule has 6 nitrogen and oxygen atoms in total. The Balaban J connectivity index is 2.09. The van der Waals surface area contributed by atoms with Crippen LogP contribution in [-0.4, -0.2) is 41.4 Å². The van der Waals surface area contributed by atoms with Crippen molar-refractivity contribution in [3.05, 3.63) is 65.7 Å². The first-order valence-corrected chi connectivity index (χ1v) is 10.3. The maximum Gasteiger partial charge on any atom is 0.340 e. The Labute approximate surface area is 178 Å². The zero-order valence-corrected chi connectivity index (χ0v) is 18.1. The number of hydrogen-bond acceptors (Lipinski definition) is 4. The van der Waals surface area contributed by atoms with E-state index in [2.05, 4.69) is 5.32 Å². The molecule has 30 heavy (non-hydrogen) atoms. The number of esters is 1. The Bertz CT molecular complexity index is 857. The van der Waals surface area contributed by atoms with Crippen molar-refractivity contribution in [2.45, 2.75) is 52.6 Å². The second-order valence-electron chi connectivity index (χ2n) is 7.26. The van der Waals surface area contributed by atoms with Crippen LogP contribution in [0.15, 0.2) is 54.6 Å². The molecular weight excluding hydrogens is 380 g/mol. The first kappa shape index (κ1) is 23.1. The van der Waals surface area contributed by atoms with Gasteiger partial charge >= 0.3 is 5.97 Å². The number of para-hydroxylation sites is 1. The molecule has 2 atom stereocenters. The smallest absolute Gasteiger partial charge is 0.340 e. The molecule has 0 bridgehead atoms. The number of rotatable bonds is 9. The van der Waals surface area contributed by atoms with E-state index in [0.29, 0.717) is 11.3 Å². The number of nitrogens with one attached hydrogen (secondary N) is 1. The Morgan fingerprint density at radius 1 is 0.900 bits per heavy atom. The van der Waals surface area contributed by atoms with Crippen LogP contribution >= 0.6 is 0 Å². The summed E-state index contributed by atoms with van der Waals surface area (Å²) in [5, 5.41) is 2.74. The predicted molar refractivity (Wildman–Crippen MR) is 117 cm³/mol. The van der Waals surface area contributed by atoms with E-state index < -0.39 is 5.97 Å². The van der Waals surface area contributed by atoms with Crippen molar-refractivity contribution < 1.29 is 19.1 Å². The first-order chi connectivity index (χ1) is 14.4. The third kappa shape index (κ3) is 5.92. The highest BCUT2D eigenvalue weighted by molar-refractivity contribution is 6.08. The number of ether oxygens (including phenoxy) is 1. The van der Waals surface area contributed by atoms with Crippen LogP contribution in [0.4, 0.5) is 5.69 Å². The van der Waals surface area contributed by atoms with Crippen molar-refractivity contribution in [3.63, 3.8) is 0 Å². The summed E-state index contributed by atoms with van der Waals surface area (Å²) in [6.07, 6.45) is 1.64. The number of anilines is 1. The lowest BCUT2D eigenvalue weighted by Gasteiger charge is -2.33. The quantitative estimate of drug-likeness (QED) is 0.617. The van der Waals surface area contributed by atoms with Gasteiger partial charge in [0, 0.05) is 17.6 Å². The zero-order valence-electron chi connectivity index (χ0n) is 18.1. The van der Waals surface area contributed by atoms with Gasteiger partial charge in [-0.2, -0.15) is 0 Å². The summed E-state index contributed by atoms with van der Waals surface area (Å²) in [5.74, 6) is -1.20. The standard InChI is InChI=1S/C24H30N2O4/c1-5-17(3)26(18(4)6-2)22(27)16-30-24(29)20-14-10-11-15-21(20)25-23(28)19-12-8-7-9-13-19/h7-15,17-18H,5-6,16H2,1-4H3,(H,25,28)/t17-,18+. The van der Waals surface area contributed by atoms with E-state index >= 15 is 0 Å². The topological polar surface area (TPSA) is 75.7 Å². The van der Waals surface area contributed by atoms with Crippen LogP contribution in [0, 0.1) is 0 Å². The third-order valence-corrected chi connectivity index (χ3v) is 5.18. The van der Waals surface area contributed by atoms with Crippen LogP contribution in [0.2, 0.25) is 0 Å². The SMILES string of the molecule is CC[C@@H](C)N(C(=O)COC(=O)c1ccccc1NC(=O)c1ccccc1)[C@@H](C)CC. The lowest BCUT2D eigenvalue weighted by atomic mass is 10.1. The van der Waals surface area contributed by atoms with Crippen molar-refractivity contribution in [1.82, 2.24) is 4.90 Å². The van der Waals surface area contributed by atoms with Crippen LogP contribution in [0.5, 0.6) is 0 Å². The lowest BCUT2D eigenvalue weighted by Crippen LogP contribution is -2.46. The minimum Gasteiger partial charge on any atom is -0.452 e. The Hall–Kier alpha value is -3.15. The summed E-state index contributed by atoms with van der Waals surface area (Å²) in [4.78, 5) is 39.6. The fraction of sp³-hybridized carbons (Fsp3) is 0.375. The molecule has 1 N–H and O–H groups in total. The van der Waals surface area contributed by atoms with Crippen LogP contribution in [0.1, 0.15) is 61.3 Å². The molecule has 0 aliphatic carbocycles. The molecule has 0 spiro atoms. The van der Waals surface area contributed by atoms with E-state index in [0.717, 1.165) is 12.8 Å². The third-order valence-electron chi connectivity index (χ3n) is 5.18.